The molecule has 24 heavy (non-hydrogen) atoms. The van der Waals surface area contributed by atoms with Crippen molar-refractivity contribution in [2.24, 2.45) is 0 Å². The minimum atomic E-state index is -1.34. The lowest BCUT2D eigenvalue weighted by atomic mass is 10.2. The molecule has 2 rings (SSSR count). The first-order valence-electron chi connectivity index (χ1n) is 6.91. The van der Waals surface area contributed by atoms with Gasteiger partial charge in [0.2, 0.25) is 0 Å². The lowest BCUT2D eigenvalue weighted by Gasteiger charge is -2.21. The highest BCUT2D eigenvalue weighted by molar-refractivity contribution is 5.85. The minimum Gasteiger partial charge on any atom is -0.480 e. The Morgan fingerprint density at radius 2 is 1.92 bits per heavy atom. The monoisotopic (exact) mass is 333 g/mol. The van der Waals surface area contributed by atoms with Gasteiger partial charge in [-0.15, -0.1) is 0 Å². The molecule has 0 saturated carbocycles. The molecule has 0 saturated heterocycles. The zero-order valence-corrected chi connectivity index (χ0v) is 12.8. The van der Waals surface area contributed by atoms with E-state index in [0.29, 0.717) is 15.2 Å². The fourth-order valence-electron chi connectivity index (χ4n) is 1.88. The van der Waals surface area contributed by atoms with Crippen LogP contribution in [0.2, 0.25) is 0 Å². The van der Waals surface area contributed by atoms with Crippen molar-refractivity contribution < 1.29 is 19.4 Å². The molecule has 0 aliphatic heterocycles. The van der Waals surface area contributed by atoms with Crippen LogP contribution in [0.1, 0.15) is 11.1 Å². The normalized spacial score (nSPS) is 10.2. The van der Waals surface area contributed by atoms with Gasteiger partial charge in [0, 0.05) is 11.8 Å². The van der Waals surface area contributed by atoms with Gasteiger partial charge in [0.25, 0.3) is 5.56 Å². The van der Waals surface area contributed by atoms with E-state index in [-0.39, 0.29) is 12.2 Å². The van der Waals surface area contributed by atoms with E-state index in [2.05, 4.69) is 0 Å². The maximum absolute atomic E-state index is 12.2. The van der Waals surface area contributed by atoms with E-state index in [4.69, 9.17) is 9.84 Å². The highest BCUT2D eigenvalue weighted by Gasteiger charge is 2.22. The first-order valence-corrected chi connectivity index (χ1v) is 6.91. The summed E-state index contributed by atoms with van der Waals surface area (Å²) in [6, 6.07) is 8.77. The Labute approximate surface area is 135 Å². The number of H-pyrrole nitrogens is 1. The predicted octanol–water partition coefficient (Wildman–Crippen LogP) is 0.204. The van der Waals surface area contributed by atoms with Crippen LogP contribution in [0, 0.1) is 6.92 Å². The molecular formula is C15H15N3O6. The molecule has 0 aliphatic carbocycles. The van der Waals surface area contributed by atoms with Crippen molar-refractivity contribution in [3.05, 3.63) is 68.5 Å². The van der Waals surface area contributed by atoms with Crippen molar-refractivity contribution in [1.29, 1.82) is 0 Å². The van der Waals surface area contributed by atoms with Crippen molar-refractivity contribution in [2.75, 3.05) is 11.6 Å². The van der Waals surface area contributed by atoms with Crippen LogP contribution in [0.3, 0.4) is 0 Å². The Morgan fingerprint density at radius 1 is 1.25 bits per heavy atom. The van der Waals surface area contributed by atoms with Crippen molar-refractivity contribution in [3.8, 4) is 0 Å². The number of carbonyl (C=O) groups is 2. The summed E-state index contributed by atoms with van der Waals surface area (Å²) in [5, 5.41) is 9.55. The molecule has 2 aromatic rings. The molecule has 2 N–H and O–H groups in total. The van der Waals surface area contributed by atoms with Crippen LogP contribution in [-0.2, 0) is 16.1 Å². The van der Waals surface area contributed by atoms with Gasteiger partial charge in [-0.2, -0.15) is 5.01 Å². The van der Waals surface area contributed by atoms with E-state index in [1.165, 1.54) is 6.92 Å². The third-order valence-electron chi connectivity index (χ3n) is 3.06. The van der Waals surface area contributed by atoms with E-state index in [1.54, 1.807) is 30.3 Å². The second kappa shape index (κ2) is 7.27. The summed E-state index contributed by atoms with van der Waals surface area (Å²) in [4.78, 5) is 48.4. The highest BCUT2D eigenvalue weighted by Crippen LogP contribution is 2.03. The number of nitrogens with zero attached hydrogens (tertiary/aromatic N) is 2. The van der Waals surface area contributed by atoms with Crippen LogP contribution in [0.4, 0.5) is 4.79 Å². The van der Waals surface area contributed by atoms with Crippen molar-refractivity contribution in [3.63, 3.8) is 0 Å². The fraction of sp³-hybridized carbons (Fsp3) is 0.200. The molecular weight excluding hydrogens is 318 g/mol. The van der Waals surface area contributed by atoms with Crippen LogP contribution in [0.15, 0.2) is 46.1 Å². The Morgan fingerprint density at radius 3 is 2.54 bits per heavy atom. The van der Waals surface area contributed by atoms with Gasteiger partial charge in [-0.3, -0.25) is 14.6 Å². The largest absolute Gasteiger partial charge is 0.480 e. The van der Waals surface area contributed by atoms with Crippen molar-refractivity contribution >= 4 is 12.1 Å². The minimum absolute atomic E-state index is 0.0904. The summed E-state index contributed by atoms with van der Waals surface area (Å²) in [5.74, 6) is -1.34. The third kappa shape index (κ3) is 4.09. The Balaban J connectivity index is 2.26. The number of nitrogens with one attached hydrogen (secondary N) is 1. The van der Waals surface area contributed by atoms with E-state index in [1.807, 2.05) is 4.98 Å². The number of carboxylic acid groups (broad SMARTS) is 1. The Kier molecular flexibility index (Phi) is 5.15. The van der Waals surface area contributed by atoms with Crippen LogP contribution in [0.5, 0.6) is 0 Å². The molecule has 0 unspecified atom stereocenters. The van der Waals surface area contributed by atoms with E-state index in [0.717, 1.165) is 6.20 Å². The van der Waals surface area contributed by atoms with Crippen LogP contribution in [0.25, 0.3) is 0 Å². The molecule has 1 aromatic heterocycles. The molecule has 126 valence electrons. The second-order valence-electron chi connectivity index (χ2n) is 4.91. The molecule has 1 aromatic carbocycles. The predicted molar refractivity (Wildman–Crippen MR) is 83.4 cm³/mol. The summed E-state index contributed by atoms with van der Waals surface area (Å²) < 4.78 is 5.75. The van der Waals surface area contributed by atoms with Crippen LogP contribution >= 0.6 is 0 Å². The summed E-state index contributed by atoms with van der Waals surface area (Å²) in [7, 11) is 0. The molecule has 9 nitrogen and oxygen atoms in total. The average molecular weight is 333 g/mol. The molecule has 9 heteroatoms. The highest BCUT2D eigenvalue weighted by atomic mass is 16.6. The van der Waals surface area contributed by atoms with Gasteiger partial charge < -0.3 is 9.84 Å². The molecule has 0 radical (unpaired) electrons. The van der Waals surface area contributed by atoms with Gasteiger partial charge in [-0.25, -0.2) is 14.3 Å². The van der Waals surface area contributed by atoms with E-state index >= 15 is 0 Å². The van der Waals surface area contributed by atoms with Gasteiger partial charge in [-0.1, -0.05) is 30.3 Å². The number of aromatic amines is 1. The molecule has 1 amide bonds. The van der Waals surface area contributed by atoms with Crippen molar-refractivity contribution in [1.82, 2.24) is 9.66 Å². The third-order valence-corrected chi connectivity index (χ3v) is 3.06. The molecule has 1 heterocycles. The van der Waals surface area contributed by atoms with Crippen molar-refractivity contribution in [2.45, 2.75) is 13.5 Å². The van der Waals surface area contributed by atoms with Gasteiger partial charge in [-0.05, 0) is 12.5 Å². The smallest absolute Gasteiger partial charge is 0.430 e. The number of aryl methyl sites for hydroxylation is 1. The first kappa shape index (κ1) is 17.0. The second-order valence-corrected chi connectivity index (χ2v) is 4.91. The zero-order chi connectivity index (χ0) is 17.7. The number of ether oxygens (including phenoxy) is 1. The topological polar surface area (TPSA) is 122 Å². The van der Waals surface area contributed by atoms with Crippen LogP contribution in [-0.4, -0.2) is 33.4 Å². The molecule has 0 aliphatic rings. The Hall–Kier alpha value is -3.36. The summed E-state index contributed by atoms with van der Waals surface area (Å²) in [6.45, 7) is 0.523. The number of hydrogen-bond acceptors (Lipinski definition) is 5. The molecule has 0 atom stereocenters. The van der Waals surface area contributed by atoms with E-state index in [9.17, 15) is 19.2 Å². The summed E-state index contributed by atoms with van der Waals surface area (Å²) in [6.07, 6.45) is 0.0447. The maximum Gasteiger partial charge on any atom is 0.430 e. The molecule has 0 fully saturated rings. The lowest BCUT2D eigenvalue weighted by Crippen LogP contribution is -2.51. The number of rotatable bonds is 5. The number of aliphatic carboxylic acids is 1. The number of benzene rings is 1. The number of carbonyl (C=O) groups excluding carboxylic acids is 1. The van der Waals surface area contributed by atoms with Gasteiger partial charge in [0.1, 0.15) is 13.2 Å². The number of carboxylic acids is 1. The van der Waals surface area contributed by atoms with Gasteiger partial charge in [0.05, 0.1) is 0 Å². The first-order chi connectivity index (χ1) is 11.4. The Bertz CT molecular complexity index is 856. The summed E-state index contributed by atoms with van der Waals surface area (Å²) in [5.41, 5.74) is -0.723. The zero-order valence-electron chi connectivity index (χ0n) is 12.8. The SMILES string of the molecule is Cc1cn(N(CC(=O)O)C(=O)OCc2ccccc2)c(=O)[nH]c1=O. The fourth-order valence-corrected chi connectivity index (χ4v) is 1.88. The molecule has 0 bridgehead atoms. The number of amides is 1. The van der Waals surface area contributed by atoms with Crippen LogP contribution < -0.4 is 16.3 Å². The number of aromatic nitrogens is 2. The maximum atomic E-state index is 12.2. The number of hydrogen-bond donors (Lipinski definition) is 2. The van der Waals surface area contributed by atoms with E-state index < -0.39 is 29.9 Å². The van der Waals surface area contributed by atoms with Gasteiger partial charge in [0.15, 0.2) is 0 Å². The quantitative estimate of drug-likeness (QED) is 0.806. The van der Waals surface area contributed by atoms with Gasteiger partial charge >= 0.3 is 17.8 Å². The summed E-state index contributed by atoms with van der Waals surface area (Å²) >= 11 is 0. The average Bonchev–Trinajstić information content (AvgIpc) is 2.55. The standard InChI is InChI=1S/C15H15N3O6/c1-10-7-17(14(22)16-13(10)21)18(8-12(19)20)15(23)24-9-11-5-3-2-4-6-11/h2-7H,8-9H2,1H3,(H,19,20)(H,16,21,22). The molecule has 0 spiro atoms. The lowest BCUT2D eigenvalue weighted by molar-refractivity contribution is -0.135.